The van der Waals surface area contributed by atoms with Crippen molar-refractivity contribution < 1.29 is 9.66 Å². The van der Waals surface area contributed by atoms with E-state index in [2.05, 4.69) is 24.1 Å². The van der Waals surface area contributed by atoms with E-state index in [0.29, 0.717) is 11.5 Å². The summed E-state index contributed by atoms with van der Waals surface area (Å²) in [6.07, 6.45) is 0. The number of anilines is 3. The first-order valence-electron chi connectivity index (χ1n) is 7.24. The molecule has 22 heavy (non-hydrogen) atoms. The summed E-state index contributed by atoms with van der Waals surface area (Å²) in [5.41, 5.74) is 2.68. The maximum atomic E-state index is 10.9. The maximum absolute atomic E-state index is 10.9. The van der Waals surface area contributed by atoms with Crippen LogP contribution < -0.4 is 15.0 Å². The molecule has 0 spiro atoms. The number of hydrogen-bond acceptors (Lipinski definition) is 5. The highest BCUT2D eigenvalue weighted by Crippen LogP contribution is 2.44. The molecular weight excluding hydrogens is 282 g/mol. The van der Waals surface area contributed by atoms with Crippen molar-refractivity contribution >= 4 is 22.7 Å². The lowest BCUT2D eigenvalue weighted by Gasteiger charge is -2.25. The van der Waals surface area contributed by atoms with Crippen LogP contribution in [0.25, 0.3) is 0 Å². The topological polar surface area (TPSA) is 67.6 Å². The van der Waals surface area contributed by atoms with E-state index in [1.54, 1.807) is 6.07 Å². The summed E-state index contributed by atoms with van der Waals surface area (Å²) in [4.78, 5) is 12.7. The molecule has 0 fully saturated rings. The van der Waals surface area contributed by atoms with Crippen molar-refractivity contribution in [3.05, 3.63) is 46.5 Å². The summed E-state index contributed by atoms with van der Waals surface area (Å²) in [5.74, 6) is 1.15. The van der Waals surface area contributed by atoms with Crippen molar-refractivity contribution in [3.63, 3.8) is 0 Å². The van der Waals surface area contributed by atoms with Crippen molar-refractivity contribution in [2.45, 2.75) is 13.8 Å². The predicted molar refractivity (Wildman–Crippen MR) is 86.5 cm³/mol. The van der Waals surface area contributed by atoms with Gasteiger partial charge in [-0.15, -0.1) is 0 Å². The van der Waals surface area contributed by atoms with E-state index in [1.807, 2.05) is 18.2 Å². The fourth-order valence-electron chi connectivity index (χ4n) is 2.56. The number of nitro groups is 1. The molecule has 0 bridgehead atoms. The Morgan fingerprint density at radius 3 is 2.36 bits per heavy atom. The molecule has 0 aromatic heterocycles. The minimum absolute atomic E-state index is 0.0175. The van der Waals surface area contributed by atoms with Gasteiger partial charge in [-0.05, 0) is 32.0 Å². The quantitative estimate of drug-likeness (QED) is 0.575. The number of nitro benzene ring substituents is 1. The van der Waals surface area contributed by atoms with Crippen LogP contribution in [0.1, 0.15) is 13.8 Å². The zero-order valence-electron chi connectivity index (χ0n) is 12.5. The second-order valence-corrected chi connectivity index (χ2v) is 5.02. The fraction of sp³-hybridized carbons (Fsp3) is 0.250. The molecule has 1 heterocycles. The van der Waals surface area contributed by atoms with E-state index in [0.717, 1.165) is 30.2 Å². The molecule has 0 unspecified atom stereocenters. The molecule has 0 saturated heterocycles. The molecule has 3 rings (SSSR count). The molecule has 0 atom stereocenters. The average Bonchev–Trinajstić information content (AvgIpc) is 2.53. The first-order valence-corrected chi connectivity index (χ1v) is 7.24. The van der Waals surface area contributed by atoms with Crippen LogP contribution >= 0.6 is 0 Å². The van der Waals surface area contributed by atoms with Crippen molar-refractivity contribution in [2.24, 2.45) is 0 Å². The molecule has 0 radical (unpaired) electrons. The van der Waals surface area contributed by atoms with Gasteiger partial charge in [-0.25, -0.2) is 0 Å². The Morgan fingerprint density at radius 2 is 1.73 bits per heavy atom. The number of fused-ring (bicyclic) bond motifs is 2. The van der Waals surface area contributed by atoms with Gasteiger partial charge in [0.25, 0.3) is 5.69 Å². The molecule has 1 aliphatic heterocycles. The molecule has 6 nitrogen and oxygen atoms in total. The minimum atomic E-state index is -0.425. The van der Waals surface area contributed by atoms with Gasteiger partial charge in [-0.1, -0.05) is 0 Å². The standard InChI is InChI=1S/C16H17N3O3/c1-3-18(4-2)11-5-7-13-15(9-11)22-16-10-12(19(20)21)6-8-14(16)17-13/h5-10,17H,3-4H2,1-2H3. The molecule has 1 aliphatic rings. The summed E-state index contributed by atoms with van der Waals surface area (Å²) in [5, 5.41) is 14.1. The van der Waals surface area contributed by atoms with E-state index in [-0.39, 0.29) is 5.69 Å². The van der Waals surface area contributed by atoms with Crippen LogP contribution in [0.3, 0.4) is 0 Å². The summed E-state index contributed by atoms with van der Waals surface area (Å²) >= 11 is 0. The third kappa shape index (κ3) is 2.43. The maximum Gasteiger partial charge on any atom is 0.273 e. The number of nitrogens with one attached hydrogen (secondary N) is 1. The third-order valence-electron chi connectivity index (χ3n) is 3.76. The second kappa shape index (κ2) is 5.55. The molecule has 2 aromatic carbocycles. The minimum Gasteiger partial charge on any atom is -0.453 e. The van der Waals surface area contributed by atoms with Crippen LogP contribution in [0.4, 0.5) is 22.7 Å². The van der Waals surface area contributed by atoms with Crippen LogP contribution in [-0.4, -0.2) is 18.0 Å². The predicted octanol–water partition coefficient (Wildman–Crippen LogP) is 4.29. The zero-order valence-corrected chi connectivity index (χ0v) is 12.5. The monoisotopic (exact) mass is 299 g/mol. The highest BCUT2D eigenvalue weighted by Gasteiger charge is 2.20. The Morgan fingerprint density at radius 1 is 1.09 bits per heavy atom. The van der Waals surface area contributed by atoms with Crippen LogP contribution in [0.5, 0.6) is 11.5 Å². The van der Waals surface area contributed by atoms with E-state index >= 15 is 0 Å². The third-order valence-corrected chi connectivity index (χ3v) is 3.76. The van der Waals surface area contributed by atoms with E-state index < -0.39 is 4.92 Å². The van der Waals surface area contributed by atoms with E-state index in [1.165, 1.54) is 12.1 Å². The summed E-state index contributed by atoms with van der Waals surface area (Å²) < 4.78 is 5.85. The number of hydrogen-bond donors (Lipinski definition) is 1. The summed E-state index contributed by atoms with van der Waals surface area (Å²) in [6, 6.07) is 10.5. The van der Waals surface area contributed by atoms with Gasteiger partial charge in [0.05, 0.1) is 22.4 Å². The van der Waals surface area contributed by atoms with Gasteiger partial charge >= 0.3 is 0 Å². The van der Waals surface area contributed by atoms with E-state index in [9.17, 15) is 10.1 Å². The SMILES string of the molecule is CCN(CC)c1ccc2c(c1)Oc1cc([N+](=O)[O-])ccc1N2. The van der Waals surface area contributed by atoms with Crippen molar-refractivity contribution in [1.29, 1.82) is 0 Å². The van der Waals surface area contributed by atoms with Crippen LogP contribution in [0.15, 0.2) is 36.4 Å². The number of rotatable bonds is 4. The Kier molecular flexibility index (Phi) is 3.58. The van der Waals surface area contributed by atoms with E-state index in [4.69, 9.17) is 4.74 Å². The Hall–Kier alpha value is -2.76. The zero-order chi connectivity index (χ0) is 15.7. The normalized spacial score (nSPS) is 11.7. The van der Waals surface area contributed by atoms with Gasteiger partial charge in [-0.3, -0.25) is 10.1 Å². The van der Waals surface area contributed by atoms with Gasteiger partial charge < -0.3 is 15.0 Å². The Labute approximate surface area is 128 Å². The molecular formula is C16H17N3O3. The lowest BCUT2D eigenvalue weighted by atomic mass is 10.1. The molecule has 114 valence electrons. The van der Waals surface area contributed by atoms with Gasteiger partial charge in [0.2, 0.25) is 0 Å². The van der Waals surface area contributed by atoms with Crippen molar-refractivity contribution in [1.82, 2.24) is 0 Å². The van der Waals surface area contributed by atoms with Crippen LogP contribution in [0.2, 0.25) is 0 Å². The molecule has 0 saturated carbocycles. The highest BCUT2D eigenvalue weighted by atomic mass is 16.6. The smallest absolute Gasteiger partial charge is 0.273 e. The lowest BCUT2D eigenvalue weighted by molar-refractivity contribution is -0.384. The number of nitrogens with zero attached hydrogens (tertiary/aromatic N) is 2. The molecule has 1 N–H and O–H groups in total. The Bertz CT molecular complexity index is 727. The van der Waals surface area contributed by atoms with Crippen LogP contribution in [-0.2, 0) is 0 Å². The molecule has 2 aromatic rings. The number of ether oxygens (including phenoxy) is 1. The van der Waals surface area contributed by atoms with Crippen LogP contribution in [0, 0.1) is 10.1 Å². The van der Waals surface area contributed by atoms with Gasteiger partial charge in [0.15, 0.2) is 11.5 Å². The van der Waals surface area contributed by atoms with Gasteiger partial charge in [-0.2, -0.15) is 0 Å². The highest BCUT2D eigenvalue weighted by molar-refractivity contribution is 5.78. The first kappa shape index (κ1) is 14.2. The fourth-order valence-corrected chi connectivity index (χ4v) is 2.56. The number of benzene rings is 2. The van der Waals surface area contributed by atoms with Gasteiger partial charge in [0.1, 0.15) is 0 Å². The second-order valence-electron chi connectivity index (χ2n) is 5.02. The summed E-state index contributed by atoms with van der Waals surface area (Å²) in [7, 11) is 0. The lowest BCUT2D eigenvalue weighted by Crippen LogP contribution is -2.21. The molecule has 6 heteroatoms. The first-order chi connectivity index (χ1) is 10.6. The Balaban J connectivity index is 1.96. The van der Waals surface area contributed by atoms with Gasteiger partial charge in [0, 0.05) is 30.9 Å². The molecule has 0 aliphatic carbocycles. The summed E-state index contributed by atoms with van der Waals surface area (Å²) in [6.45, 7) is 6.01. The van der Waals surface area contributed by atoms with Crippen molar-refractivity contribution in [2.75, 3.05) is 23.3 Å². The average molecular weight is 299 g/mol. The number of non-ortho nitro benzene ring substituents is 1. The van der Waals surface area contributed by atoms with Crippen molar-refractivity contribution in [3.8, 4) is 11.5 Å². The molecule has 0 amide bonds. The largest absolute Gasteiger partial charge is 0.453 e.